The zero-order chi connectivity index (χ0) is 15.0. The van der Waals surface area contributed by atoms with E-state index < -0.39 is 25.7 Å². The Balaban J connectivity index is 3.66. The fourth-order valence-electron chi connectivity index (χ4n) is 1.67. The van der Waals surface area contributed by atoms with Crippen LogP contribution in [-0.2, 0) is 16.9 Å². The lowest BCUT2D eigenvalue weighted by Crippen LogP contribution is -2.23. The van der Waals surface area contributed by atoms with Crippen LogP contribution in [0.5, 0.6) is 0 Å². The van der Waals surface area contributed by atoms with Gasteiger partial charge < -0.3 is 0 Å². The second-order valence-corrected chi connectivity index (χ2v) is 7.17. The summed E-state index contributed by atoms with van der Waals surface area (Å²) in [5.41, 5.74) is -0.290. The molecule has 1 rings (SSSR count). The molecular formula is C10H16ClN3O4S. The Morgan fingerprint density at radius 2 is 1.95 bits per heavy atom. The molecule has 0 saturated carbocycles. The van der Waals surface area contributed by atoms with E-state index in [-0.39, 0.29) is 22.5 Å². The Bertz CT molecular complexity index is 594. The predicted molar refractivity (Wildman–Crippen MR) is 71.3 cm³/mol. The lowest BCUT2D eigenvalue weighted by molar-refractivity contribution is -0.388. The van der Waals surface area contributed by atoms with E-state index in [0.29, 0.717) is 0 Å². The number of alkyl halides is 1. The molecule has 0 aliphatic carbocycles. The van der Waals surface area contributed by atoms with Crippen LogP contribution in [-0.4, -0.2) is 34.3 Å². The molecule has 0 aliphatic heterocycles. The molecule has 0 radical (unpaired) electrons. The third-order valence-corrected chi connectivity index (χ3v) is 5.61. The highest BCUT2D eigenvalue weighted by Gasteiger charge is 2.38. The van der Waals surface area contributed by atoms with Crippen molar-refractivity contribution in [3.05, 3.63) is 15.8 Å². The van der Waals surface area contributed by atoms with E-state index in [1.807, 2.05) is 0 Å². The smallest absolute Gasteiger partial charge is 0.258 e. The minimum atomic E-state index is -3.88. The summed E-state index contributed by atoms with van der Waals surface area (Å²) in [6.45, 7) is 4.85. The molecule has 1 unspecified atom stereocenters. The standard InChI is InChI=1S/C10H16ClN3O4S/c1-6(2)8-9(14(15)16)10(13(4)12-8)19(17,18)7(3)5-11/h6-7H,5H2,1-4H3. The maximum Gasteiger partial charge on any atom is 0.329 e. The molecule has 0 aliphatic rings. The van der Waals surface area contributed by atoms with Crippen LogP contribution in [0.25, 0.3) is 0 Å². The van der Waals surface area contributed by atoms with E-state index in [1.165, 1.54) is 14.0 Å². The fourth-order valence-corrected chi connectivity index (χ4v) is 3.57. The number of aryl methyl sites for hydroxylation is 1. The second-order valence-electron chi connectivity index (χ2n) is 4.58. The van der Waals surface area contributed by atoms with Crippen molar-refractivity contribution in [2.45, 2.75) is 37.0 Å². The maximum atomic E-state index is 12.3. The molecule has 7 nitrogen and oxygen atoms in total. The van der Waals surface area contributed by atoms with Gasteiger partial charge in [-0.2, -0.15) is 5.10 Å². The number of sulfone groups is 1. The van der Waals surface area contributed by atoms with Crippen molar-refractivity contribution in [3.63, 3.8) is 0 Å². The Labute approximate surface area is 116 Å². The SMILES string of the molecule is CC(C)c1nn(C)c(S(=O)(=O)C(C)CCl)c1[N+](=O)[O-]. The average molecular weight is 310 g/mol. The molecule has 0 spiro atoms. The van der Waals surface area contributed by atoms with Crippen LogP contribution in [0.2, 0.25) is 0 Å². The molecule has 0 fully saturated rings. The summed E-state index contributed by atoms with van der Waals surface area (Å²) in [5, 5.41) is 13.8. The van der Waals surface area contributed by atoms with Crippen LogP contribution >= 0.6 is 11.6 Å². The Hall–Kier alpha value is -1.15. The summed E-state index contributed by atoms with van der Waals surface area (Å²) in [5.74, 6) is -0.386. The van der Waals surface area contributed by atoms with Gasteiger partial charge in [0.25, 0.3) is 0 Å². The van der Waals surface area contributed by atoms with Crippen molar-refractivity contribution in [3.8, 4) is 0 Å². The van der Waals surface area contributed by atoms with Gasteiger partial charge in [-0.05, 0) is 6.92 Å². The molecule has 1 atom stereocenters. The van der Waals surface area contributed by atoms with Gasteiger partial charge in [0.15, 0.2) is 0 Å². The molecule has 0 bridgehead atoms. The third kappa shape index (κ3) is 2.74. The lowest BCUT2D eigenvalue weighted by atomic mass is 10.1. The molecule has 9 heteroatoms. The van der Waals surface area contributed by atoms with Crippen molar-refractivity contribution in [1.82, 2.24) is 9.78 Å². The number of halogens is 1. The molecule has 1 aromatic rings. The average Bonchev–Trinajstić information content (AvgIpc) is 2.66. The van der Waals surface area contributed by atoms with E-state index in [4.69, 9.17) is 11.6 Å². The summed E-state index contributed by atoms with van der Waals surface area (Å²) in [6.07, 6.45) is 0. The molecule has 0 aromatic carbocycles. The molecule has 0 saturated heterocycles. The molecular weight excluding hydrogens is 294 g/mol. The molecule has 108 valence electrons. The molecule has 1 heterocycles. The summed E-state index contributed by atoms with van der Waals surface area (Å²) in [7, 11) is -2.50. The lowest BCUT2D eigenvalue weighted by Gasteiger charge is -2.09. The highest BCUT2D eigenvalue weighted by molar-refractivity contribution is 7.92. The highest BCUT2D eigenvalue weighted by atomic mass is 35.5. The van der Waals surface area contributed by atoms with Crippen LogP contribution in [0.4, 0.5) is 5.69 Å². The van der Waals surface area contributed by atoms with E-state index in [1.54, 1.807) is 13.8 Å². The van der Waals surface area contributed by atoms with Crippen molar-refractivity contribution in [2.75, 3.05) is 5.88 Å². The summed E-state index contributed by atoms with van der Waals surface area (Å²) in [4.78, 5) is 10.5. The van der Waals surface area contributed by atoms with Crippen LogP contribution in [0.15, 0.2) is 5.03 Å². The topological polar surface area (TPSA) is 95.1 Å². The van der Waals surface area contributed by atoms with Crippen molar-refractivity contribution in [2.24, 2.45) is 7.05 Å². The van der Waals surface area contributed by atoms with Gasteiger partial charge in [-0.15, -0.1) is 11.6 Å². The number of nitrogens with zero attached hydrogens (tertiary/aromatic N) is 3. The van der Waals surface area contributed by atoms with Gasteiger partial charge in [-0.25, -0.2) is 8.42 Å². The van der Waals surface area contributed by atoms with Gasteiger partial charge in [-0.3, -0.25) is 14.8 Å². The minimum Gasteiger partial charge on any atom is -0.258 e. The van der Waals surface area contributed by atoms with Gasteiger partial charge >= 0.3 is 5.69 Å². The van der Waals surface area contributed by atoms with Crippen molar-refractivity contribution < 1.29 is 13.3 Å². The Morgan fingerprint density at radius 1 is 1.42 bits per heavy atom. The highest BCUT2D eigenvalue weighted by Crippen LogP contribution is 2.33. The van der Waals surface area contributed by atoms with Gasteiger partial charge in [0, 0.05) is 18.8 Å². The number of aromatic nitrogens is 2. The van der Waals surface area contributed by atoms with Crippen LogP contribution < -0.4 is 0 Å². The van der Waals surface area contributed by atoms with Gasteiger partial charge in [0.1, 0.15) is 5.69 Å². The number of hydrogen-bond acceptors (Lipinski definition) is 5. The van der Waals surface area contributed by atoms with E-state index in [0.717, 1.165) is 4.68 Å². The molecule has 0 amide bonds. The van der Waals surface area contributed by atoms with Crippen LogP contribution in [0.1, 0.15) is 32.4 Å². The molecule has 0 N–H and O–H groups in total. The first kappa shape index (κ1) is 15.9. The second kappa shape index (κ2) is 5.46. The van der Waals surface area contributed by atoms with Gasteiger partial charge in [-0.1, -0.05) is 13.8 Å². The predicted octanol–water partition coefficient (Wildman–Crippen LogP) is 1.85. The Morgan fingerprint density at radius 3 is 2.32 bits per heavy atom. The van der Waals surface area contributed by atoms with Crippen molar-refractivity contribution >= 4 is 27.1 Å². The first-order chi connectivity index (χ1) is 8.64. The number of rotatable bonds is 5. The first-order valence-electron chi connectivity index (χ1n) is 5.65. The quantitative estimate of drug-likeness (QED) is 0.470. The third-order valence-electron chi connectivity index (χ3n) is 2.74. The molecule has 19 heavy (non-hydrogen) atoms. The first-order valence-corrected chi connectivity index (χ1v) is 7.73. The summed E-state index contributed by atoms with van der Waals surface area (Å²) < 4.78 is 25.6. The van der Waals surface area contributed by atoms with Crippen LogP contribution in [0, 0.1) is 10.1 Å². The number of hydrogen-bond donors (Lipinski definition) is 0. The maximum absolute atomic E-state index is 12.3. The van der Waals surface area contributed by atoms with Crippen molar-refractivity contribution in [1.29, 1.82) is 0 Å². The Kier molecular flexibility index (Phi) is 4.57. The van der Waals surface area contributed by atoms with E-state index in [9.17, 15) is 18.5 Å². The minimum absolute atomic E-state index is 0.137. The monoisotopic (exact) mass is 309 g/mol. The largest absolute Gasteiger partial charge is 0.329 e. The fraction of sp³-hybridized carbons (Fsp3) is 0.700. The van der Waals surface area contributed by atoms with Gasteiger partial charge in [0.05, 0.1) is 10.2 Å². The summed E-state index contributed by atoms with van der Waals surface area (Å²) >= 11 is 5.56. The molecule has 1 aromatic heterocycles. The number of nitro groups is 1. The van der Waals surface area contributed by atoms with Crippen LogP contribution in [0.3, 0.4) is 0 Å². The zero-order valence-electron chi connectivity index (χ0n) is 11.1. The van der Waals surface area contributed by atoms with E-state index in [2.05, 4.69) is 5.10 Å². The van der Waals surface area contributed by atoms with E-state index >= 15 is 0 Å². The zero-order valence-corrected chi connectivity index (χ0v) is 12.7. The van der Waals surface area contributed by atoms with Gasteiger partial charge in [0.2, 0.25) is 14.9 Å². The normalized spacial score (nSPS) is 13.8. The summed E-state index contributed by atoms with van der Waals surface area (Å²) in [6, 6.07) is 0.